The Bertz CT molecular complexity index is 682. The first-order valence-electron chi connectivity index (χ1n) is 6.49. The zero-order valence-corrected chi connectivity index (χ0v) is 11.4. The zero-order chi connectivity index (χ0) is 14.7. The second-order valence-corrected chi connectivity index (χ2v) is 4.27. The van der Waals surface area contributed by atoms with Gasteiger partial charge in [-0.3, -0.25) is 4.79 Å². The number of nitrogens with one attached hydrogen (secondary N) is 1. The summed E-state index contributed by atoms with van der Waals surface area (Å²) < 4.78 is 6.87. The summed E-state index contributed by atoms with van der Waals surface area (Å²) >= 11 is 0. The van der Waals surface area contributed by atoms with Gasteiger partial charge in [-0.05, 0) is 18.2 Å². The van der Waals surface area contributed by atoms with Crippen molar-refractivity contribution in [3.05, 3.63) is 42.9 Å². The van der Waals surface area contributed by atoms with Crippen LogP contribution < -0.4 is 5.32 Å². The van der Waals surface area contributed by atoms with Crippen LogP contribution >= 0.6 is 0 Å². The molecule has 0 saturated carbocycles. The second kappa shape index (κ2) is 5.58. The highest BCUT2D eigenvalue weighted by Gasteiger charge is 2.11. The van der Waals surface area contributed by atoms with Crippen LogP contribution in [0.1, 0.15) is 13.3 Å². The van der Waals surface area contributed by atoms with Gasteiger partial charge in [-0.1, -0.05) is 6.92 Å². The molecule has 0 aliphatic heterocycles. The predicted octanol–water partition coefficient (Wildman–Crippen LogP) is 2.27. The van der Waals surface area contributed by atoms with E-state index in [2.05, 4.69) is 20.4 Å². The number of aromatic nitrogens is 4. The molecule has 0 atom stereocenters. The fourth-order valence-corrected chi connectivity index (χ4v) is 1.77. The highest BCUT2D eigenvalue weighted by atomic mass is 16.3. The van der Waals surface area contributed by atoms with E-state index >= 15 is 0 Å². The predicted molar refractivity (Wildman–Crippen MR) is 75.8 cm³/mol. The number of rotatable bonds is 4. The Balaban J connectivity index is 2.06. The van der Waals surface area contributed by atoms with Crippen molar-refractivity contribution in [3.8, 4) is 17.4 Å². The van der Waals surface area contributed by atoms with Gasteiger partial charge in [0, 0.05) is 24.9 Å². The molecule has 7 heteroatoms. The van der Waals surface area contributed by atoms with Gasteiger partial charge >= 0.3 is 0 Å². The van der Waals surface area contributed by atoms with Crippen LogP contribution in [0.5, 0.6) is 0 Å². The van der Waals surface area contributed by atoms with Crippen molar-refractivity contribution in [3.63, 3.8) is 0 Å². The average molecular weight is 283 g/mol. The van der Waals surface area contributed by atoms with Gasteiger partial charge in [-0.15, -0.1) is 0 Å². The number of hydrogen-bond acceptors (Lipinski definition) is 5. The highest BCUT2D eigenvalue weighted by Crippen LogP contribution is 2.21. The maximum absolute atomic E-state index is 11.6. The summed E-state index contributed by atoms with van der Waals surface area (Å²) in [6.45, 7) is 1.78. The van der Waals surface area contributed by atoms with Gasteiger partial charge in [0.1, 0.15) is 11.5 Å². The molecule has 0 aliphatic rings. The van der Waals surface area contributed by atoms with Crippen molar-refractivity contribution >= 4 is 11.7 Å². The van der Waals surface area contributed by atoms with Crippen molar-refractivity contribution in [2.24, 2.45) is 0 Å². The zero-order valence-electron chi connectivity index (χ0n) is 11.4. The van der Waals surface area contributed by atoms with Crippen LogP contribution in [0.2, 0.25) is 0 Å². The molecule has 3 aromatic rings. The fraction of sp³-hybridized carbons (Fsp3) is 0.143. The normalized spacial score (nSPS) is 10.5. The Morgan fingerprint density at radius 1 is 1.38 bits per heavy atom. The van der Waals surface area contributed by atoms with Crippen LogP contribution in [0.4, 0.5) is 5.82 Å². The van der Waals surface area contributed by atoms with Crippen molar-refractivity contribution in [2.45, 2.75) is 13.3 Å². The van der Waals surface area contributed by atoms with E-state index < -0.39 is 0 Å². The van der Waals surface area contributed by atoms with Crippen LogP contribution in [0.15, 0.2) is 47.3 Å². The fourth-order valence-electron chi connectivity index (χ4n) is 1.77. The molecule has 3 rings (SSSR count). The molecular formula is C14H13N5O2. The SMILES string of the molecule is CCC(=O)Nc1cc(-c2ccco2)nc(-n2cccn2)n1. The molecule has 0 saturated heterocycles. The Morgan fingerprint density at radius 2 is 2.29 bits per heavy atom. The van der Waals surface area contributed by atoms with E-state index in [4.69, 9.17) is 4.42 Å². The third-order valence-electron chi connectivity index (χ3n) is 2.79. The maximum atomic E-state index is 11.6. The number of amides is 1. The standard InChI is InChI=1S/C14H13N5O2/c1-2-13(20)17-12-9-10(11-5-3-8-21-11)16-14(18-12)19-7-4-6-15-19/h3-9H,2H2,1H3,(H,16,17,18,20). The second-order valence-electron chi connectivity index (χ2n) is 4.27. The van der Waals surface area contributed by atoms with Gasteiger partial charge in [-0.2, -0.15) is 10.1 Å². The molecule has 0 bridgehead atoms. The van der Waals surface area contributed by atoms with Crippen LogP contribution in [-0.2, 0) is 4.79 Å². The summed E-state index contributed by atoms with van der Waals surface area (Å²) in [7, 11) is 0. The van der Waals surface area contributed by atoms with Crippen LogP contribution in [-0.4, -0.2) is 25.7 Å². The average Bonchev–Trinajstić information content (AvgIpc) is 3.20. The van der Waals surface area contributed by atoms with Crippen LogP contribution in [0.3, 0.4) is 0 Å². The van der Waals surface area contributed by atoms with Crippen molar-refractivity contribution in [2.75, 3.05) is 5.32 Å². The molecule has 0 fully saturated rings. The summed E-state index contributed by atoms with van der Waals surface area (Å²) in [5.74, 6) is 1.25. The van der Waals surface area contributed by atoms with Gasteiger partial charge in [0.15, 0.2) is 5.76 Å². The molecule has 7 nitrogen and oxygen atoms in total. The van der Waals surface area contributed by atoms with Gasteiger partial charge in [0.05, 0.1) is 6.26 Å². The molecule has 0 unspecified atom stereocenters. The Kier molecular flexibility index (Phi) is 3.46. The maximum Gasteiger partial charge on any atom is 0.253 e. The van der Waals surface area contributed by atoms with Crippen molar-refractivity contribution in [1.82, 2.24) is 19.7 Å². The smallest absolute Gasteiger partial charge is 0.253 e. The van der Waals surface area contributed by atoms with Gasteiger partial charge in [0.25, 0.3) is 5.95 Å². The monoisotopic (exact) mass is 283 g/mol. The number of carbonyl (C=O) groups excluding carboxylic acids is 1. The number of hydrogen-bond donors (Lipinski definition) is 1. The number of furan rings is 1. The molecule has 21 heavy (non-hydrogen) atoms. The van der Waals surface area contributed by atoms with Gasteiger partial charge < -0.3 is 9.73 Å². The van der Waals surface area contributed by atoms with Crippen LogP contribution in [0, 0.1) is 0 Å². The summed E-state index contributed by atoms with van der Waals surface area (Å²) in [6, 6.07) is 7.00. The lowest BCUT2D eigenvalue weighted by atomic mass is 10.3. The van der Waals surface area contributed by atoms with Crippen LogP contribution in [0.25, 0.3) is 17.4 Å². The van der Waals surface area contributed by atoms with Crippen molar-refractivity contribution in [1.29, 1.82) is 0 Å². The van der Waals surface area contributed by atoms with E-state index in [-0.39, 0.29) is 5.91 Å². The van der Waals surface area contributed by atoms with E-state index in [1.54, 1.807) is 49.8 Å². The minimum atomic E-state index is -0.120. The summed E-state index contributed by atoms with van der Waals surface area (Å²) in [5.41, 5.74) is 0.576. The Morgan fingerprint density at radius 3 is 2.95 bits per heavy atom. The summed E-state index contributed by atoms with van der Waals surface area (Å²) in [6.07, 6.45) is 5.30. The third kappa shape index (κ3) is 2.81. The first kappa shape index (κ1) is 13.0. The molecule has 3 aromatic heterocycles. The quantitative estimate of drug-likeness (QED) is 0.793. The topological polar surface area (TPSA) is 85.8 Å². The summed E-state index contributed by atoms with van der Waals surface area (Å²) in [5, 5.41) is 6.82. The molecule has 0 aliphatic carbocycles. The largest absolute Gasteiger partial charge is 0.463 e. The Labute approximate surface area is 120 Å². The lowest BCUT2D eigenvalue weighted by Crippen LogP contribution is -2.13. The lowest BCUT2D eigenvalue weighted by molar-refractivity contribution is -0.115. The summed E-state index contributed by atoms with van der Waals surface area (Å²) in [4.78, 5) is 20.2. The molecule has 0 spiro atoms. The molecular weight excluding hydrogens is 270 g/mol. The number of anilines is 1. The van der Waals surface area contributed by atoms with Crippen molar-refractivity contribution < 1.29 is 9.21 Å². The van der Waals surface area contributed by atoms with Gasteiger partial charge in [0.2, 0.25) is 5.91 Å². The minimum Gasteiger partial charge on any atom is -0.463 e. The van der Waals surface area contributed by atoms with Gasteiger partial charge in [-0.25, -0.2) is 9.67 Å². The van der Waals surface area contributed by atoms with E-state index in [0.717, 1.165) is 0 Å². The molecule has 3 heterocycles. The molecule has 0 aromatic carbocycles. The first-order valence-corrected chi connectivity index (χ1v) is 6.49. The highest BCUT2D eigenvalue weighted by molar-refractivity contribution is 5.90. The van der Waals surface area contributed by atoms with E-state index in [9.17, 15) is 4.79 Å². The van der Waals surface area contributed by atoms with E-state index in [1.165, 1.54) is 4.68 Å². The molecule has 1 N–H and O–H groups in total. The first-order chi connectivity index (χ1) is 10.3. The Hall–Kier alpha value is -2.96. The van der Waals surface area contributed by atoms with E-state index in [1.807, 2.05) is 0 Å². The minimum absolute atomic E-state index is 0.120. The third-order valence-corrected chi connectivity index (χ3v) is 2.79. The number of carbonyl (C=O) groups is 1. The lowest BCUT2D eigenvalue weighted by Gasteiger charge is -2.07. The molecule has 0 radical (unpaired) electrons. The van der Waals surface area contributed by atoms with E-state index in [0.29, 0.717) is 29.6 Å². The molecule has 106 valence electrons. The molecule has 1 amide bonds. The number of nitrogens with zero attached hydrogens (tertiary/aromatic N) is 4.